The quantitative estimate of drug-likeness (QED) is 0.0910. The number of carboxylic acid groups (broad SMARTS) is 2. The predicted molar refractivity (Wildman–Crippen MR) is 162 cm³/mol. The fourth-order valence-corrected chi connectivity index (χ4v) is 3.57. The SMILES string of the molecule is CC(C)(C)CC(=O)N[C@@H](Cc1ccc(O)cc1)C(=O)NCCCCCCCCNCCCN.O=C(O)C(F)(F)F.O=C(O)C(F)(F)F. The molecule has 0 heterocycles. The topological polar surface area (TPSA) is 191 Å². The molecule has 1 rings (SSSR count). The Morgan fingerprint density at radius 2 is 1.17 bits per heavy atom. The summed E-state index contributed by atoms with van der Waals surface area (Å²) in [7, 11) is 0. The van der Waals surface area contributed by atoms with Crippen molar-refractivity contribution in [3.63, 3.8) is 0 Å². The van der Waals surface area contributed by atoms with E-state index in [4.69, 9.17) is 25.5 Å². The van der Waals surface area contributed by atoms with Gasteiger partial charge in [-0.3, -0.25) is 9.59 Å². The van der Waals surface area contributed by atoms with Gasteiger partial charge in [-0.1, -0.05) is 58.6 Å². The largest absolute Gasteiger partial charge is 0.508 e. The number of aromatic hydroxyl groups is 1. The minimum absolute atomic E-state index is 0.126. The number of aliphatic carboxylic acids is 2. The monoisotopic (exact) mass is 690 g/mol. The predicted octanol–water partition coefficient (Wildman–Crippen LogP) is 4.52. The van der Waals surface area contributed by atoms with Crippen molar-refractivity contribution in [1.29, 1.82) is 0 Å². The summed E-state index contributed by atoms with van der Waals surface area (Å²) in [6, 6.07) is 6.12. The molecule has 0 saturated heterocycles. The number of carbonyl (C=O) groups is 4. The van der Waals surface area contributed by atoms with Gasteiger partial charge >= 0.3 is 24.3 Å². The van der Waals surface area contributed by atoms with Crippen LogP contribution in [-0.4, -0.2) is 83.6 Å². The summed E-state index contributed by atoms with van der Waals surface area (Å²) in [6.45, 7) is 9.41. The van der Waals surface area contributed by atoms with E-state index in [1.165, 1.54) is 19.3 Å². The van der Waals surface area contributed by atoms with Crippen LogP contribution in [0.2, 0.25) is 0 Å². The molecule has 2 amide bonds. The van der Waals surface area contributed by atoms with Gasteiger partial charge in [-0.15, -0.1) is 0 Å². The number of phenols is 1. The second-order valence-corrected chi connectivity index (χ2v) is 11.6. The zero-order chi connectivity index (χ0) is 36.7. The summed E-state index contributed by atoms with van der Waals surface area (Å²) in [4.78, 5) is 43.1. The van der Waals surface area contributed by atoms with Crippen molar-refractivity contribution in [2.45, 2.75) is 97.0 Å². The van der Waals surface area contributed by atoms with Gasteiger partial charge in [0.2, 0.25) is 11.8 Å². The van der Waals surface area contributed by atoms with Crippen LogP contribution in [0.4, 0.5) is 26.3 Å². The number of hydrogen-bond acceptors (Lipinski definition) is 7. The molecule has 0 saturated carbocycles. The fraction of sp³-hybridized carbons (Fsp3) is 0.667. The lowest BCUT2D eigenvalue weighted by molar-refractivity contribution is -0.193. The molecule has 17 heteroatoms. The van der Waals surface area contributed by atoms with E-state index in [0.717, 1.165) is 50.9 Å². The molecule has 47 heavy (non-hydrogen) atoms. The highest BCUT2D eigenvalue weighted by Gasteiger charge is 2.38. The lowest BCUT2D eigenvalue weighted by atomic mass is 9.91. The Balaban J connectivity index is 0. The Bertz CT molecular complexity index is 1020. The number of unbranched alkanes of at least 4 members (excludes halogenated alkanes) is 5. The van der Waals surface area contributed by atoms with Crippen LogP contribution in [0.5, 0.6) is 5.75 Å². The summed E-state index contributed by atoms with van der Waals surface area (Å²) < 4.78 is 63.5. The number of alkyl halides is 6. The van der Waals surface area contributed by atoms with E-state index in [1.54, 1.807) is 24.3 Å². The first-order valence-electron chi connectivity index (χ1n) is 15.0. The molecular weight excluding hydrogens is 642 g/mol. The Hall–Kier alpha value is -3.60. The lowest BCUT2D eigenvalue weighted by Crippen LogP contribution is -2.48. The number of hydrogen-bond donors (Lipinski definition) is 7. The van der Waals surface area contributed by atoms with Crippen molar-refractivity contribution in [2.75, 3.05) is 26.2 Å². The van der Waals surface area contributed by atoms with E-state index in [2.05, 4.69) is 16.0 Å². The minimum atomic E-state index is -5.08. The van der Waals surface area contributed by atoms with E-state index in [9.17, 15) is 41.0 Å². The molecule has 0 fully saturated rings. The first-order valence-corrected chi connectivity index (χ1v) is 15.0. The first-order chi connectivity index (χ1) is 21.6. The highest BCUT2D eigenvalue weighted by Crippen LogP contribution is 2.19. The van der Waals surface area contributed by atoms with Crippen LogP contribution in [0.25, 0.3) is 0 Å². The Morgan fingerprint density at radius 3 is 1.60 bits per heavy atom. The molecule has 1 aromatic carbocycles. The summed E-state index contributed by atoms with van der Waals surface area (Å²) in [5, 5.41) is 33.0. The number of amides is 2. The van der Waals surface area contributed by atoms with Gasteiger partial charge in [-0.05, 0) is 62.0 Å². The van der Waals surface area contributed by atoms with Crippen LogP contribution in [0, 0.1) is 5.41 Å². The highest BCUT2D eigenvalue weighted by atomic mass is 19.4. The molecule has 0 aliphatic carbocycles. The molecule has 11 nitrogen and oxygen atoms in total. The molecule has 0 unspecified atom stereocenters. The number of rotatable bonds is 17. The smallest absolute Gasteiger partial charge is 0.490 e. The molecule has 0 radical (unpaired) electrons. The molecule has 0 bridgehead atoms. The van der Waals surface area contributed by atoms with Crippen LogP contribution < -0.4 is 21.7 Å². The van der Waals surface area contributed by atoms with Gasteiger partial charge in [0, 0.05) is 19.4 Å². The van der Waals surface area contributed by atoms with Gasteiger partial charge in [-0.2, -0.15) is 26.3 Å². The minimum Gasteiger partial charge on any atom is -0.508 e. The molecule has 0 aliphatic heterocycles. The molecular formula is C30H48F6N4O7. The molecule has 0 aromatic heterocycles. The van der Waals surface area contributed by atoms with Crippen LogP contribution in [0.1, 0.15) is 77.7 Å². The number of nitrogens with one attached hydrogen (secondary N) is 3. The molecule has 8 N–H and O–H groups in total. The van der Waals surface area contributed by atoms with Crippen molar-refractivity contribution in [1.82, 2.24) is 16.0 Å². The first kappa shape index (κ1) is 45.5. The van der Waals surface area contributed by atoms with E-state index >= 15 is 0 Å². The maximum atomic E-state index is 12.8. The number of benzene rings is 1. The average molecular weight is 691 g/mol. The molecule has 1 atom stereocenters. The lowest BCUT2D eigenvalue weighted by Gasteiger charge is -2.22. The van der Waals surface area contributed by atoms with Gasteiger partial charge in [-0.25, -0.2) is 9.59 Å². The fourth-order valence-electron chi connectivity index (χ4n) is 3.57. The van der Waals surface area contributed by atoms with Gasteiger partial charge in [0.15, 0.2) is 0 Å². The van der Waals surface area contributed by atoms with Gasteiger partial charge < -0.3 is 37.0 Å². The van der Waals surface area contributed by atoms with Crippen LogP contribution >= 0.6 is 0 Å². The Kier molecular flexibility index (Phi) is 22.9. The zero-order valence-corrected chi connectivity index (χ0v) is 26.9. The summed E-state index contributed by atoms with van der Waals surface area (Å²) >= 11 is 0. The van der Waals surface area contributed by atoms with Crippen molar-refractivity contribution < 1.29 is 60.8 Å². The highest BCUT2D eigenvalue weighted by molar-refractivity contribution is 5.88. The van der Waals surface area contributed by atoms with Crippen LogP contribution in [-0.2, 0) is 25.6 Å². The molecule has 272 valence electrons. The third kappa shape index (κ3) is 28.4. The number of halogens is 6. The van der Waals surface area contributed by atoms with Gasteiger partial charge in [0.25, 0.3) is 0 Å². The van der Waals surface area contributed by atoms with Gasteiger partial charge in [0.05, 0.1) is 0 Å². The normalized spacial score (nSPS) is 12.0. The summed E-state index contributed by atoms with van der Waals surface area (Å²) in [6.07, 6.45) is -1.60. The van der Waals surface area contributed by atoms with Crippen molar-refractivity contribution >= 4 is 23.8 Å². The van der Waals surface area contributed by atoms with E-state index in [-0.39, 0.29) is 23.0 Å². The zero-order valence-electron chi connectivity index (χ0n) is 26.9. The van der Waals surface area contributed by atoms with Crippen LogP contribution in [0.3, 0.4) is 0 Å². The maximum absolute atomic E-state index is 12.8. The summed E-state index contributed by atoms with van der Waals surface area (Å²) in [5.41, 5.74) is 6.22. The standard InChI is InChI=1S/C26H46N4O3.2C2HF3O2/c1-26(2,3)20-24(32)30-23(19-21-11-13-22(31)14-12-21)25(33)29-18-9-7-5-4-6-8-16-28-17-10-15-27;2*3-2(4,5)1(6)7/h11-14,23,28,31H,4-10,15-20,27H2,1-3H3,(H,29,33)(H,30,32);2*(H,6,7)/t23-;;/m0../s1. The van der Waals surface area contributed by atoms with Crippen molar-refractivity contribution in [3.05, 3.63) is 29.8 Å². The van der Waals surface area contributed by atoms with E-state index < -0.39 is 30.3 Å². The third-order valence-electron chi connectivity index (χ3n) is 5.84. The molecule has 0 aliphatic rings. The number of nitrogens with two attached hydrogens (primary N) is 1. The Morgan fingerprint density at radius 1 is 0.745 bits per heavy atom. The molecule has 0 spiro atoms. The van der Waals surface area contributed by atoms with Gasteiger partial charge in [0.1, 0.15) is 11.8 Å². The average Bonchev–Trinajstić information content (AvgIpc) is 2.93. The maximum Gasteiger partial charge on any atom is 0.490 e. The number of phenolic OH excluding ortho intramolecular Hbond substituents is 1. The second kappa shape index (κ2) is 23.7. The summed E-state index contributed by atoms with van der Waals surface area (Å²) in [5.74, 6) is -5.62. The number of carboxylic acids is 2. The third-order valence-corrected chi connectivity index (χ3v) is 5.84. The molecule has 1 aromatic rings. The Labute approximate surface area is 270 Å². The van der Waals surface area contributed by atoms with Crippen molar-refractivity contribution in [3.8, 4) is 5.75 Å². The number of carbonyl (C=O) groups excluding carboxylic acids is 2. The van der Waals surface area contributed by atoms with E-state index in [0.29, 0.717) is 19.4 Å². The van der Waals surface area contributed by atoms with E-state index in [1.807, 2.05) is 20.8 Å². The van der Waals surface area contributed by atoms with Crippen LogP contribution in [0.15, 0.2) is 24.3 Å². The second-order valence-electron chi connectivity index (χ2n) is 11.6. The van der Waals surface area contributed by atoms with Crippen molar-refractivity contribution in [2.24, 2.45) is 11.1 Å².